The Morgan fingerprint density at radius 3 is 2.62 bits per heavy atom. The smallest absolute Gasteiger partial charge is 0.329 e. The summed E-state index contributed by atoms with van der Waals surface area (Å²) in [4.78, 5) is 10.3. The molecule has 0 aromatic heterocycles. The maximum atomic E-state index is 10.3. The minimum Gasteiger partial charge on any atom is -0.480 e. The van der Waals surface area contributed by atoms with E-state index >= 15 is 0 Å². The van der Waals surface area contributed by atoms with Crippen LogP contribution in [0.2, 0.25) is 0 Å². The Balaban J connectivity index is 2.25. The summed E-state index contributed by atoms with van der Waals surface area (Å²) in [5.74, 6) is 0.545. The summed E-state index contributed by atoms with van der Waals surface area (Å²) in [5, 5.41) is 8.44. The van der Waals surface area contributed by atoms with Crippen LogP contribution in [0.3, 0.4) is 0 Å². The highest BCUT2D eigenvalue weighted by Gasteiger charge is 2.25. The molecule has 1 rings (SSSR count). The van der Waals surface area contributed by atoms with E-state index in [-0.39, 0.29) is 12.7 Å². The van der Waals surface area contributed by atoms with Crippen molar-refractivity contribution in [2.24, 2.45) is 11.8 Å². The van der Waals surface area contributed by atoms with Gasteiger partial charge in [0.05, 0.1) is 6.10 Å². The molecule has 1 N–H and O–H groups in total. The van der Waals surface area contributed by atoms with Crippen molar-refractivity contribution in [3.8, 4) is 0 Å². The van der Waals surface area contributed by atoms with Gasteiger partial charge < -0.3 is 9.84 Å². The van der Waals surface area contributed by atoms with Gasteiger partial charge in [0.15, 0.2) is 0 Å². The molecule has 0 spiro atoms. The van der Waals surface area contributed by atoms with E-state index in [9.17, 15) is 4.79 Å². The Labute approximate surface area is 79.1 Å². The van der Waals surface area contributed by atoms with Crippen LogP contribution in [-0.4, -0.2) is 23.8 Å². The molecule has 3 heteroatoms. The second-order valence-corrected chi connectivity index (χ2v) is 4.09. The van der Waals surface area contributed by atoms with Crippen molar-refractivity contribution in [1.29, 1.82) is 0 Å². The highest BCUT2D eigenvalue weighted by Crippen LogP contribution is 2.30. The molecular weight excluding hydrogens is 168 g/mol. The minimum absolute atomic E-state index is 0.147. The number of hydrogen-bond donors (Lipinski definition) is 1. The molecule has 3 nitrogen and oxygen atoms in total. The van der Waals surface area contributed by atoms with Gasteiger partial charge in [0.25, 0.3) is 0 Å². The minimum atomic E-state index is -0.869. The SMILES string of the molecule is CC1CCC(OCC(=O)O)CC1C. The first-order valence-corrected chi connectivity index (χ1v) is 4.93. The standard InChI is InChI=1S/C10H18O3/c1-7-3-4-9(5-8(7)2)13-6-10(11)12/h7-9H,3-6H2,1-2H3,(H,11,12). The summed E-state index contributed by atoms with van der Waals surface area (Å²) < 4.78 is 5.26. The van der Waals surface area contributed by atoms with E-state index in [1.54, 1.807) is 0 Å². The maximum absolute atomic E-state index is 10.3. The molecule has 0 amide bonds. The third kappa shape index (κ3) is 3.35. The van der Waals surface area contributed by atoms with Crippen LogP contribution in [0.4, 0.5) is 0 Å². The Hall–Kier alpha value is -0.570. The molecular formula is C10H18O3. The quantitative estimate of drug-likeness (QED) is 0.732. The van der Waals surface area contributed by atoms with Gasteiger partial charge in [0, 0.05) is 0 Å². The van der Waals surface area contributed by atoms with Gasteiger partial charge in [0.2, 0.25) is 0 Å². The van der Waals surface area contributed by atoms with Crippen LogP contribution >= 0.6 is 0 Å². The number of carboxylic acid groups (broad SMARTS) is 1. The summed E-state index contributed by atoms with van der Waals surface area (Å²) in [5.41, 5.74) is 0. The third-order valence-electron chi connectivity index (χ3n) is 2.99. The normalized spacial score (nSPS) is 34.5. The molecule has 3 atom stereocenters. The van der Waals surface area contributed by atoms with Crippen molar-refractivity contribution < 1.29 is 14.6 Å². The molecule has 3 unspecified atom stereocenters. The van der Waals surface area contributed by atoms with Crippen LogP contribution in [0, 0.1) is 11.8 Å². The molecule has 1 saturated carbocycles. The van der Waals surface area contributed by atoms with Gasteiger partial charge in [-0.05, 0) is 31.1 Å². The van der Waals surface area contributed by atoms with Gasteiger partial charge in [-0.2, -0.15) is 0 Å². The van der Waals surface area contributed by atoms with Crippen molar-refractivity contribution in [3.63, 3.8) is 0 Å². The zero-order chi connectivity index (χ0) is 9.84. The van der Waals surface area contributed by atoms with Crippen LogP contribution in [-0.2, 0) is 9.53 Å². The maximum Gasteiger partial charge on any atom is 0.329 e. The number of hydrogen-bond acceptors (Lipinski definition) is 2. The van der Waals surface area contributed by atoms with Crippen LogP contribution in [0.15, 0.2) is 0 Å². The van der Waals surface area contributed by atoms with Crippen LogP contribution in [0.25, 0.3) is 0 Å². The largest absolute Gasteiger partial charge is 0.480 e. The molecule has 76 valence electrons. The molecule has 0 aliphatic heterocycles. The summed E-state index contributed by atoms with van der Waals surface area (Å²) in [7, 11) is 0. The zero-order valence-electron chi connectivity index (χ0n) is 8.32. The number of carbonyl (C=O) groups is 1. The lowest BCUT2D eigenvalue weighted by Crippen LogP contribution is -2.28. The lowest BCUT2D eigenvalue weighted by atomic mass is 9.80. The van der Waals surface area contributed by atoms with Crippen LogP contribution in [0.1, 0.15) is 33.1 Å². The number of carboxylic acids is 1. The van der Waals surface area contributed by atoms with E-state index in [1.807, 2.05) is 0 Å². The Bertz CT molecular complexity index is 179. The first-order valence-electron chi connectivity index (χ1n) is 4.93. The van der Waals surface area contributed by atoms with Gasteiger partial charge in [-0.1, -0.05) is 13.8 Å². The highest BCUT2D eigenvalue weighted by atomic mass is 16.5. The van der Waals surface area contributed by atoms with Crippen molar-refractivity contribution in [3.05, 3.63) is 0 Å². The molecule has 0 aromatic rings. The summed E-state index contributed by atoms with van der Waals surface area (Å²) in [6.07, 6.45) is 3.35. The van der Waals surface area contributed by atoms with Gasteiger partial charge in [-0.25, -0.2) is 4.79 Å². The average Bonchev–Trinajstić information content (AvgIpc) is 2.07. The van der Waals surface area contributed by atoms with Gasteiger partial charge in [-0.3, -0.25) is 0 Å². The zero-order valence-corrected chi connectivity index (χ0v) is 8.32. The van der Waals surface area contributed by atoms with Crippen LogP contribution < -0.4 is 0 Å². The van der Waals surface area contributed by atoms with E-state index in [1.165, 1.54) is 0 Å². The van der Waals surface area contributed by atoms with E-state index in [0.717, 1.165) is 25.2 Å². The molecule has 1 aliphatic carbocycles. The number of rotatable bonds is 3. The third-order valence-corrected chi connectivity index (χ3v) is 2.99. The Morgan fingerprint density at radius 2 is 2.08 bits per heavy atom. The fourth-order valence-electron chi connectivity index (χ4n) is 1.84. The lowest BCUT2D eigenvalue weighted by Gasteiger charge is -2.31. The second-order valence-electron chi connectivity index (χ2n) is 4.09. The van der Waals surface area contributed by atoms with Crippen molar-refractivity contribution in [1.82, 2.24) is 0 Å². The molecule has 0 bridgehead atoms. The molecule has 0 saturated heterocycles. The first kappa shape index (κ1) is 10.5. The average molecular weight is 186 g/mol. The molecule has 0 heterocycles. The lowest BCUT2D eigenvalue weighted by molar-refractivity contribution is -0.145. The predicted octanol–water partition coefficient (Wildman–Crippen LogP) is 1.91. The van der Waals surface area contributed by atoms with Crippen molar-refractivity contribution in [2.45, 2.75) is 39.2 Å². The Morgan fingerprint density at radius 1 is 1.38 bits per heavy atom. The van der Waals surface area contributed by atoms with E-state index in [4.69, 9.17) is 9.84 Å². The summed E-state index contributed by atoms with van der Waals surface area (Å²) in [6, 6.07) is 0. The first-order chi connectivity index (χ1) is 6.09. The highest BCUT2D eigenvalue weighted by molar-refractivity contribution is 5.68. The second kappa shape index (κ2) is 4.61. The fraction of sp³-hybridized carbons (Fsp3) is 0.900. The van der Waals surface area contributed by atoms with E-state index in [2.05, 4.69) is 13.8 Å². The molecule has 0 aromatic carbocycles. The predicted molar refractivity (Wildman–Crippen MR) is 49.6 cm³/mol. The van der Waals surface area contributed by atoms with E-state index < -0.39 is 5.97 Å². The Kier molecular flexibility index (Phi) is 3.72. The molecule has 13 heavy (non-hydrogen) atoms. The topological polar surface area (TPSA) is 46.5 Å². The summed E-state index contributed by atoms with van der Waals surface area (Å²) >= 11 is 0. The molecule has 1 aliphatic rings. The van der Waals surface area contributed by atoms with Gasteiger partial charge in [-0.15, -0.1) is 0 Å². The van der Waals surface area contributed by atoms with Crippen LogP contribution in [0.5, 0.6) is 0 Å². The van der Waals surface area contributed by atoms with Gasteiger partial charge >= 0.3 is 5.97 Å². The fourth-order valence-corrected chi connectivity index (χ4v) is 1.84. The number of aliphatic carboxylic acids is 1. The monoisotopic (exact) mass is 186 g/mol. The van der Waals surface area contributed by atoms with E-state index in [0.29, 0.717) is 5.92 Å². The molecule has 1 fully saturated rings. The van der Waals surface area contributed by atoms with Crippen molar-refractivity contribution in [2.75, 3.05) is 6.61 Å². The van der Waals surface area contributed by atoms with Crippen molar-refractivity contribution >= 4 is 5.97 Å². The number of ether oxygens (including phenoxy) is 1. The summed E-state index contributed by atoms with van der Waals surface area (Å²) in [6.45, 7) is 4.31. The molecule has 0 radical (unpaired) electrons. The van der Waals surface area contributed by atoms with Gasteiger partial charge in [0.1, 0.15) is 6.61 Å².